The maximum absolute atomic E-state index is 12.7. The van der Waals surface area contributed by atoms with Gasteiger partial charge in [0.2, 0.25) is 0 Å². The number of aliphatic hydroxyl groups excluding tert-OH is 1. The highest BCUT2D eigenvalue weighted by Crippen LogP contribution is 2.23. The summed E-state index contributed by atoms with van der Waals surface area (Å²) in [6.07, 6.45) is 0.110. The number of aromatic nitrogens is 5. The van der Waals surface area contributed by atoms with Crippen LogP contribution in [0, 0.1) is 12.8 Å². The van der Waals surface area contributed by atoms with Crippen LogP contribution in [0.5, 0.6) is 0 Å². The molecule has 0 aliphatic carbocycles. The average Bonchev–Trinajstić information content (AvgIpc) is 3.27. The molecule has 3 aromatic rings. The Morgan fingerprint density at radius 2 is 2.08 bits per heavy atom. The van der Waals surface area contributed by atoms with Crippen molar-refractivity contribution in [3.8, 4) is 0 Å². The number of likely N-dealkylation sites (tertiary alicyclic amines) is 1. The van der Waals surface area contributed by atoms with E-state index in [1.165, 1.54) is 0 Å². The number of fused-ring (bicyclic) bond motifs is 1. The molecule has 0 saturated carbocycles. The van der Waals surface area contributed by atoms with Crippen molar-refractivity contribution in [2.75, 3.05) is 13.1 Å². The number of carbonyl (C=O) groups excluding carboxylic acids is 1. The van der Waals surface area contributed by atoms with E-state index in [1.807, 2.05) is 13.0 Å². The summed E-state index contributed by atoms with van der Waals surface area (Å²) in [4.78, 5) is 14.4. The Balaban J connectivity index is 1.49. The molecule has 4 rings (SSSR count). The number of benzene rings is 1. The minimum absolute atomic E-state index is 0.00701. The maximum Gasteiger partial charge on any atom is 0.254 e. The summed E-state index contributed by atoms with van der Waals surface area (Å²) in [5.74, 6) is -0.105. The van der Waals surface area contributed by atoms with Gasteiger partial charge in [0, 0.05) is 30.3 Å². The molecule has 1 saturated heterocycles. The molecule has 0 radical (unpaired) electrons. The van der Waals surface area contributed by atoms with Crippen LogP contribution in [0.4, 0.5) is 0 Å². The van der Waals surface area contributed by atoms with E-state index in [0.29, 0.717) is 30.6 Å². The Labute approximate surface area is 137 Å². The smallest absolute Gasteiger partial charge is 0.254 e. The first-order valence-corrected chi connectivity index (χ1v) is 7.89. The van der Waals surface area contributed by atoms with Gasteiger partial charge in [0.25, 0.3) is 5.91 Å². The molecule has 1 fully saturated rings. The lowest BCUT2D eigenvalue weighted by molar-refractivity contribution is 0.0765. The second-order valence-electron chi connectivity index (χ2n) is 6.31. The van der Waals surface area contributed by atoms with Crippen molar-refractivity contribution in [2.45, 2.75) is 19.4 Å². The van der Waals surface area contributed by atoms with Crippen LogP contribution in [0.3, 0.4) is 0 Å². The predicted molar refractivity (Wildman–Crippen MR) is 86.3 cm³/mol. The first-order valence-electron chi connectivity index (χ1n) is 7.89. The molecule has 1 aromatic carbocycles. The topological polar surface area (TPSA) is 111 Å². The van der Waals surface area contributed by atoms with Crippen LogP contribution in [0.15, 0.2) is 24.3 Å². The second-order valence-corrected chi connectivity index (χ2v) is 6.31. The van der Waals surface area contributed by atoms with Gasteiger partial charge in [0.1, 0.15) is 11.0 Å². The van der Waals surface area contributed by atoms with Gasteiger partial charge in [-0.05, 0) is 37.6 Å². The molecule has 24 heavy (non-hydrogen) atoms. The molecule has 3 heterocycles. The van der Waals surface area contributed by atoms with Crippen LogP contribution in [-0.2, 0) is 6.42 Å². The van der Waals surface area contributed by atoms with E-state index in [0.717, 1.165) is 16.9 Å². The van der Waals surface area contributed by atoms with Gasteiger partial charge in [-0.2, -0.15) is 20.5 Å². The van der Waals surface area contributed by atoms with Crippen molar-refractivity contribution in [1.29, 1.82) is 0 Å². The maximum atomic E-state index is 12.7. The van der Waals surface area contributed by atoms with Crippen LogP contribution in [0.2, 0.25) is 0 Å². The van der Waals surface area contributed by atoms with Crippen molar-refractivity contribution in [1.82, 2.24) is 30.5 Å². The number of amides is 1. The molecule has 2 aromatic heterocycles. The quantitative estimate of drug-likeness (QED) is 0.655. The molecule has 124 valence electrons. The standard InChI is InChI=1S/C16H18N6O2/c1-9-4-12(18-17-9)5-11-7-22(8-15(11)23)16(24)10-2-3-13-14(6-10)20-21-19-13/h2-4,6,11,15,23H,5,7-8H2,1H3,(H,17,18)(H,19,20,21)/t11-,15+/m0/s1. The summed E-state index contributed by atoms with van der Waals surface area (Å²) in [5.41, 5.74) is 3.84. The number of rotatable bonds is 3. The number of aryl methyl sites for hydroxylation is 1. The van der Waals surface area contributed by atoms with Crippen LogP contribution in [0.25, 0.3) is 11.0 Å². The average molecular weight is 326 g/mol. The van der Waals surface area contributed by atoms with Gasteiger partial charge in [-0.25, -0.2) is 0 Å². The van der Waals surface area contributed by atoms with Gasteiger partial charge in [-0.1, -0.05) is 0 Å². The fraction of sp³-hybridized carbons (Fsp3) is 0.375. The van der Waals surface area contributed by atoms with Crippen LogP contribution in [-0.4, -0.2) is 60.7 Å². The fourth-order valence-corrected chi connectivity index (χ4v) is 3.22. The second kappa shape index (κ2) is 5.72. The normalized spacial score (nSPS) is 20.8. The van der Waals surface area contributed by atoms with E-state index >= 15 is 0 Å². The zero-order valence-corrected chi connectivity index (χ0v) is 13.2. The molecule has 3 N–H and O–H groups in total. The lowest BCUT2D eigenvalue weighted by Crippen LogP contribution is -2.29. The SMILES string of the molecule is Cc1cc(C[C@H]2CN(C(=O)c3ccc4n[nH]nc4c3)C[C@H]2O)n[nH]1. The van der Waals surface area contributed by atoms with Gasteiger partial charge in [-0.15, -0.1) is 0 Å². The minimum atomic E-state index is -0.540. The van der Waals surface area contributed by atoms with Gasteiger partial charge in [0.05, 0.1) is 11.8 Å². The molecule has 1 aliphatic heterocycles. The molecule has 0 spiro atoms. The van der Waals surface area contributed by atoms with E-state index in [-0.39, 0.29) is 11.8 Å². The number of H-pyrrole nitrogens is 2. The number of carbonyl (C=O) groups is 1. The first kappa shape index (κ1) is 14.8. The Hall–Kier alpha value is -2.74. The highest BCUT2D eigenvalue weighted by Gasteiger charge is 2.34. The summed E-state index contributed by atoms with van der Waals surface area (Å²) in [6, 6.07) is 7.19. The van der Waals surface area contributed by atoms with Crippen LogP contribution in [0.1, 0.15) is 21.7 Å². The van der Waals surface area contributed by atoms with Gasteiger partial charge >= 0.3 is 0 Å². The summed E-state index contributed by atoms with van der Waals surface area (Å²) in [5, 5.41) is 27.9. The molecular weight excluding hydrogens is 308 g/mol. The molecule has 2 atom stereocenters. The number of nitrogens with zero attached hydrogens (tertiary/aromatic N) is 4. The van der Waals surface area contributed by atoms with E-state index in [9.17, 15) is 9.90 Å². The highest BCUT2D eigenvalue weighted by molar-refractivity contribution is 5.97. The molecule has 8 nitrogen and oxygen atoms in total. The third kappa shape index (κ3) is 2.65. The van der Waals surface area contributed by atoms with Crippen LogP contribution >= 0.6 is 0 Å². The number of hydrogen-bond donors (Lipinski definition) is 3. The van der Waals surface area contributed by atoms with Crippen molar-refractivity contribution in [3.05, 3.63) is 41.2 Å². The first-order chi connectivity index (χ1) is 11.6. The predicted octanol–water partition coefficient (Wildman–Crippen LogP) is 0.665. The molecule has 8 heteroatoms. The zero-order valence-electron chi connectivity index (χ0n) is 13.2. The molecule has 1 aliphatic rings. The van der Waals surface area contributed by atoms with Gasteiger partial charge < -0.3 is 10.0 Å². The molecule has 1 amide bonds. The van der Waals surface area contributed by atoms with Crippen molar-refractivity contribution in [3.63, 3.8) is 0 Å². The summed E-state index contributed by atoms with van der Waals surface area (Å²) >= 11 is 0. The Kier molecular flexibility index (Phi) is 3.53. The van der Waals surface area contributed by atoms with Crippen LogP contribution < -0.4 is 0 Å². The third-order valence-corrected chi connectivity index (χ3v) is 4.49. The fourth-order valence-electron chi connectivity index (χ4n) is 3.22. The Bertz CT molecular complexity index is 885. The summed E-state index contributed by atoms with van der Waals surface area (Å²) in [7, 11) is 0. The Morgan fingerprint density at radius 1 is 1.25 bits per heavy atom. The summed E-state index contributed by atoms with van der Waals surface area (Å²) < 4.78 is 0. The van der Waals surface area contributed by atoms with E-state index in [1.54, 1.807) is 23.1 Å². The van der Waals surface area contributed by atoms with Crippen molar-refractivity contribution >= 4 is 16.9 Å². The number of β-amino-alcohol motifs (C(OH)–C–C–N with tert-alkyl or cyclic N) is 1. The molecular formula is C16H18N6O2. The lowest BCUT2D eigenvalue weighted by Gasteiger charge is -2.16. The van der Waals surface area contributed by atoms with Gasteiger partial charge in [0.15, 0.2) is 0 Å². The van der Waals surface area contributed by atoms with Crippen molar-refractivity contribution < 1.29 is 9.90 Å². The Morgan fingerprint density at radius 3 is 2.88 bits per heavy atom. The summed E-state index contributed by atoms with van der Waals surface area (Å²) in [6.45, 7) is 2.80. The molecule has 0 bridgehead atoms. The van der Waals surface area contributed by atoms with E-state index in [4.69, 9.17) is 0 Å². The monoisotopic (exact) mass is 326 g/mol. The van der Waals surface area contributed by atoms with E-state index in [2.05, 4.69) is 25.6 Å². The van der Waals surface area contributed by atoms with Gasteiger partial charge in [-0.3, -0.25) is 9.89 Å². The number of hydrogen-bond acceptors (Lipinski definition) is 5. The number of nitrogens with one attached hydrogen (secondary N) is 2. The lowest BCUT2D eigenvalue weighted by atomic mass is 10.0. The largest absolute Gasteiger partial charge is 0.391 e. The van der Waals surface area contributed by atoms with E-state index < -0.39 is 6.10 Å². The highest BCUT2D eigenvalue weighted by atomic mass is 16.3. The number of aliphatic hydroxyl groups is 1. The number of aromatic amines is 2. The molecule has 0 unspecified atom stereocenters. The minimum Gasteiger partial charge on any atom is -0.391 e. The zero-order chi connectivity index (χ0) is 16.7. The third-order valence-electron chi connectivity index (χ3n) is 4.49. The van der Waals surface area contributed by atoms with Crippen molar-refractivity contribution in [2.24, 2.45) is 5.92 Å².